The van der Waals surface area contributed by atoms with Gasteiger partial charge in [0.1, 0.15) is 0 Å². The summed E-state index contributed by atoms with van der Waals surface area (Å²) in [5.74, 6) is 1.44. The Morgan fingerprint density at radius 2 is 2.38 bits per heavy atom. The van der Waals surface area contributed by atoms with Crippen LogP contribution in [-0.2, 0) is 0 Å². The summed E-state index contributed by atoms with van der Waals surface area (Å²) >= 11 is 5.35. The predicted octanol–water partition coefficient (Wildman–Crippen LogP) is 3.35. The molecule has 1 aliphatic rings. The second-order valence-electron chi connectivity index (χ2n) is 3.68. The largest absolute Gasteiger partial charge is 0.330 e. The second-order valence-corrected chi connectivity index (χ2v) is 5.92. The van der Waals surface area contributed by atoms with Gasteiger partial charge in [-0.1, -0.05) is 6.42 Å². The molecular weight excluding hydrogens is 246 g/mol. The van der Waals surface area contributed by atoms with Gasteiger partial charge in [0.15, 0.2) is 0 Å². The first-order valence-electron chi connectivity index (χ1n) is 4.76. The molecule has 0 amide bonds. The van der Waals surface area contributed by atoms with Crippen LogP contribution in [0.15, 0.2) is 15.2 Å². The normalized spacial score (nSPS) is 19.8. The van der Waals surface area contributed by atoms with Crippen LogP contribution in [0.3, 0.4) is 0 Å². The van der Waals surface area contributed by atoms with Gasteiger partial charge in [0, 0.05) is 5.92 Å². The minimum Gasteiger partial charge on any atom is -0.330 e. The maximum atomic E-state index is 5.83. The summed E-state index contributed by atoms with van der Waals surface area (Å²) in [6, 6.07) is 2.21. The molecule has 3 heteroatoms. The highest BCUT2D eigenvalue weighted by Crippen LogP contribution is 2.42. The van der Waals surface area contributed by atoms with Gasteiger partial charge in [-0.05, 0) is 58.2 Å². The molecular formula is C10H14BrNS. The van der Waals surface area contributed by atoms with Crippen LogP contribution in [0.1, 0.15) is 30.7 Å². The molecule has 0 radical (unpaired) electrons. The first-order valence-corrected chi connectivity index (χ1v) is 6.43. The molecule has 0 bridgehead atoms. The van der Waals surface area contributed by atoms with Gasteiger partial charge in [0.25, 0.3) is 0 Å². The summed E-state index contributed by atoms with van der Waals surface area (Å²) in [6.45, 7) is 0.792. The van der Waals surface area contributed by atoms with E-state index in [1.54, 1.807) is 11.3 Å². The minimum absolute atomic E-state index is 0.592. The maximum absolute atomic E-state index is 5.83. The number of hydrogen-bond acceptors (Lipinski definition) is 2. The monoisotopic (exact) mass is 259 g/mol. The van der Waals surface area contributed by atoms with Crippen molar-refractivity contribution in [3.05, 3.63) is 20.8 Å². The number of hydrogen-bond donors (Lipinski definition) is 1. The van der Waals surface area contributed by atoms with E-state index in [0.717, 1.165) is 12.5 Å². The van der Waals surface area contributed by atoms with Gasteiger partial charge in [0.05, 0.1) is 3.79 Å². The molecule has 1 nitrogen and oxygen atoms in total. The Hall–Kier alpha value is 0.140. The molecule has 0 aliphatic heterocycles. The van der Waals surface area contributed by atoms with E-state index < -0.39 is 0 Å². The fourth-order valence-corrected chi connectivity index (χ4v) is 3.43. The molecule has 1 unspecified atom stereocenters. The molecule has 1 atom stereocenters. The number of nitrogens with two attached hydrogens (primary N) is 1. The maximum Gasteiger partial charge on any atom is 0.0733 e. The lowest BCUT2D eigenvalue weighted by Gasteiger charge is -2.33. The zero-order valence-electron chi connectivity index (χ0n) is 7.50. The molecule has 2 N–H and O–H groups in total. The molecule has 1 fully saturated rings. The molecule has 1 aromatic heterocycles. The van der Waals surface area contributed by atoms with Gasteiger partial charge in [-0.3, -0.25) is 0 Å². The second kappa shape index (κ2) is 4.11. The van der Waals surface area contributed by atoms with E-state index in [9.17, 15) is 0 Å². The van der Waals surface area contributed by atoms with Crippen LogP contribution in [0, 0.1) is 5.92 Å². The Bertz CT molecular complexity index is 280. The quantitative estimate of drug-likeness (QED) is 0.886. The standard InChI is InChI=1S/C10H14BrNS/c11-10-8(4-5-13-10)9(6-12)7-2-1-3-7/h4-5,7,9H,1-3,6,12H2. The highest BCUT2D eigenvalue weighted by atomic mass is 79.9. The molecule has 2 rings (SSSR count). The summed E-state index contributed by atoms with van der Waals surface area (Å²) in [7, 11) is 0. The molecule has 0 aromatic carbocycles. The van der Waals surface area contributed by atoms with Gasteiger partial charge >= 0.3 is 0 Å². The lowest BCUT2D eigenvalue weighted by Crippen LogP contribution is -2.26. The van der Waals surface area contributed by atoms with Crippen molar-refractivity contribution in [2.24, 2.45) is 11.7 Å². The number of halogens is 1. The topological polar surface area (TPSA) is 26.0 Å². The smallest absolute Gasteiger partial charge is 0.0733 e. The minimum atomic E-state index is 0.592. The van der Waals surface area contributed by atoms with Crippen molar-refractivity contribution >= 4 is 27.3 Å². The van der Waals surface area contributed by atoms with Crippen molar-refractivity contribution in [2.45, 2.75) is 25.2 Å². The predicted molar refractivity (Wildman–Crippen MR) is 61.2 cm³/mol. The first-order chi connectivity index (χ1) is 6.33. The Balaban J connectivity index is 2.16. The van der Waals surface area contributed by atoms with Crippen molar-refractivity contribution in [3.8, 4) is 0 Å². The first kappa shape index (κ1) is 9.69. The molecule has 0 saturated heterocycles. The molecule has 13 heavy (non-hydrogen) atoms. The SMILES string of the molecule is NCC(c1ccsc1Br)C1CCC1. The Labute approximate surface area is 91.5 Å². The number of thiophene rings is 1. The van der Waals surface area contributed by atoms with E-state index in [0.29, 0.717) is 5.92 Å². The molecule has 72 valence electrons. The van der Waals surface area contributed by atoms with Crippen LogP contribution in [0.5, 0.6) is 0 Å². The van der Waals surface area contributed by atoms with Crippen LogP contribution in [-0.4, -0.2) is 6.54 Å². The van der Waals surface area contributed by atoms with Gasteiger partial charge in [-0.25, -0.2) is 0 Å². The van der Waals surface area contributed by atoms with E-state index in [1.165, 1.54) is 28.6 Å². The zero-order valence-corrected chi connectivity index (χ0v) is 9.90. The van der Waals surface area contributed by atoms with Crippen LogP contribution in [0.4, 0.5) is 0 Å². The molecule has 0 spiro atoms. The zero-order chi connectivity index (χ0) is 9.26. The average Bonchev–Trinajstić information content (AvgIpc) is 2.43. The summed E-state index contributed by atoms with van der Waals surface area (Å²) in [6.07, 6.45) is 4.12. The van der Waals surface area contributed by atoms with E-state index >= 15 is 0 Å². The van der Waals surface area contributed by atoms with Crippen molar-refractivity contribution in [1.82, 2.24) is 0 Å². The number of rotatable bonds is 3. The molecule has 1 heterocycles. The highest BCUT2D eigenvalue weighted by molar-refractivity contribution is 9.11. The average molecular weight is 260 g/mol. The van der Waals surface area contributed by atoms with Crippen LogP contribution in [0.2, 0.25) is 0 Å². The van der Waals surface area contributed by atoms with E-state index in [1.807, 2.05) is 0 Å². The van der Waals surface area contributed by atoms with Gasteiger partial charge in [0.2, 0.25) is 0 Å². The third-order valence-corrected chi connectivity index (χ3v) is 4.75. The third kappa shape index (κ3) is 1.83. The Kier molecular flexibility index (Phi) is 3.06. The van der Waals surface area contributed by atoms with E-state index in [-0.39, 0.29) is 0 Å². The highest BCUT2D eigenvalue weighted by Gasteiger charge is 2.28. The summed E-state index contributed by atoms with van der Waals surface area (Å²) < 4.78 is 1.27. The van der Waals surface area contributed by atoms with Gasteiger partial charge in [-0.2, -0.15) is 0 Å². The Morgan fingerprint density at radius 1 is 1.62 bits per heavy atom. The molecule has 1 aromatic rings. The van der Waals surface area contributed by atoms with Crippen molar-refractivity contribution in [2.75, 3.05) is 6.54 Å². The lowest BCUT2D eigenvalue weighted by atomic mass is 9.74. The van der Waals surface area contributed by atoms with Gasteiger partial charge < -0.3 is 5.73 Å². The summed E-state index contributed by atoms with van der Waals surface area (Å²) in [5, 5.41) is 2.14. The van der Waals surface area contributed by atoms with Crippen LogP contribution in [0.25, 0.3) is 0 Å². The third-order valence-electron chi connectivity index (χ3n) is 3.02. The van der Waals surface area contributed by atoms with E-state index in [4.69, 9.17) is 5.73 Å². The molecule has 1 aliphatic carbocycles. The van der Waals surface area contributed by atoms with Crippen LogP contribution >= 0.6 is 27.3 Å². The fourth-order valence-electron chi connectivity index (χ4n) is 1.99. The summed E-state index contributed by atoms with van der Waals surface area (Å²) in [4.78, 5) is 0. The lowest BCUT2D eigenvalue weighted by molar-refractivity contribution is 0.264. The fraction of sp³-hybridized carbons (Fsp3) is 0.600. The van der Waals surface area contributed by atoms with Crippen molar-refractivity contribution in [3.63, 3.8) is 0 Å². The van der Waals surface area contributed by atoms with Crippen molar-refractivity contribution in [1.29, 1.82) is 0 Å². The van der Waals surface area contributed by atoms with E-state index in [2.05, 4.69) is 27.4 Å². The van der Waals surface area contributed by atoms with Crippen LogP contribution < -0.4 is 5.73 Å². The summed E-state index contributed by atoms with van der Waals surface area (Å²) in [5.41, 5.74) is 7.26. The Morgan fingerprint density at radius 3 is 2.77 bits per heavy atom. The van der Waals surface area contributed by atoms with Crippen molar-refractivity contribution < 1.29 is 0 Å². The molecule has 1 saturated carbocycles. The van der Waals surface area contributed by atoms with Gasteiger partial charge in [-0.15, -0.1) is 11.3 Å².